The van der Waals surface area contributed by atoms with Crippen LogP contribution in [0.3, 0.4) is 0 Å². The van der Waals surface area contributed by atoms with E-state index in [4.69, 9.17) is 4.74 Å². The number of hydrogen-bond acceptors (Lipinski definition) is 3. The smallest absolute Gasteiger partial charge is 0.253 e. The number of aromatic nitrogens is 1. The van der Waals surface area contributed by atoms with Crippen molar-refractivity contribution in [3.05, 3.63) is 63.1 Å². The van der Waals surface area contributed by atoms with Crippen molar-refractivity contribution in [3.8, 4) is 5.75 Å². The van der Waals surface area contributed by atoms with Gasteiger partial charge in [-0.3, -0.25) is 9.59 Å². The lowest BCUT2D eigenvalue weighted by molar-refractivity contribution is 0.0931. The van der Waals surface area contributed by atoms with Gasteiger partial charge in [0, 0.05) is 11.8 Å². The van der Waals surface area contributed by atoms with E-state index in [2.05, 4.69) is 10.3 Å². The molecule has 2 aromatic rings. The molecule has 25 heavy (non-hydrogen) atoms. The Balaban J connectivity index is 1.87. The Hall–Kier alpha value is -2.56. The molecule has 5 nitrogen and oxygen atoms in total. The summed E-state index contributed by atoms with van der Waals surface area (Å²) in [5, 5.41) is 3.14. The average molecular weight is 340 g/mol. The van der Waals surface area contributed by atoms with Gasteiger partial charge in [0.25, 0.3) is 5.91 Å². The number of carbonyl (C=O) groups excluding carboxylic acids is 1. The molecule has 0 radical (unpaired) electrons. The number of H-pyrrole nitrogens is 1. The zero-order chi connectivity index (χ0) is 18.0. The van der Waals surface area contributed by atoms with Crippen LogP contribution in [0.15, 0.2) is 35.1 Å². The van der Waals surface area contributed by atoms with Crippen molar-refractivity contribution < 1.29 is 9.53 Å². The number of hydrogen-bond donors (Lipinski definition) is 2. The topological polar surface area (TPSA) is 71.2 Å². The van der Waals surface area contributed by atoms with Crippen LogP contribution in [0, 0.1) is 0 Å². The van der Waals surface area contributed by atoms with Crippen LogP contribution < -0.4 is 15.6 Å². The molecule has 1 unspecified atom stereocenters. The molecule has 0 saturated heterocycles. The van der Waals surface area contributed by atoms with Crippen LogP contribution in [0.2, 0.25) is 0 Å². The Kier molecular flexibility index (Phi) is 4.93. The van der Waals surface area contributed by atoms with Crippen molar-refractivity contribution in [3.63, 3.8) is 0 Å². The van der Waals surface area contributed by atoms with E-state index in [1.54, 1.807) is 13.2 Å². The fourth-order valence-electron chi connectivity index (χ4n) is 3.45. The van der Waals surface area contributed by atoms with Crippen LogP contribution in [0.5, 0.6) is 5.75 Å². The molecule has 2 N–H and O–H groups in total. The molecule has 1 amide bonds. The molecule has 1 heterocycles. The lowest BCUT2D eigenvalue weighted by Crippen LogP contribution is -2.32. The first-order valence-corrected chi connectivity index (χ1v) is 8.70. The number of benzene rings is 1. The second kappa shape index (κ2) is 7.13. The first-order valence-electron chi connectivity index (χ1n) is 8.70. The van der Waals surface area contributed by atoms with Gasteiger partial charge < -0.3 is 15.0 Å². The molecule has 0 bridgehead atoms. The van der Waals surface area contributed by atoms with E-state index < -0.39 is 0 Å². The Morgan fingerprint density at radius 1 is 1.28 bits per heavy atom. The zero-order valence-electron chi connectivity index (χ0n) is 14.9. The fraction of sp³-hybridized carbons (Fsp3) is 0.400. The number of fused-ring (bicyclic) bond motifs is 1. The van der Waals surface area contributed by atoms with E-state index in [0.29, 0.717) is 11.3 Å². The number of methoxy groups -OCH3 is 1. The predicted octanol–water partition coefficient (Wildman–Crippen LogP) is 3.31. The minimum absolute atomic E-state index is 0.0194. The van der Waals surface area contributed by atoms with Crippen molar-refractivity contribution in [1.29, 1.82) is 0 Å². The van der Waals surface area contributed by atoms with E-state index in [1.807, 2.05) is 32.0 Å². The van der Waals surface area contributed by atoms with Crippen molar-refractivity contribution in [2.75, 3.05) is 7.11 Å². The summed E-state index contributed by atoms with van der Waals surface area (Å²) in [6.07, 6.45) is 2.92. The highest BCUT2D eigenvalue weighted by molar-refractivity contribution is 5.95. The highest BCUT2D eigenvalue weighted by Crippen LogP contribution is 2.32. The minimum atomic E-state index is -0.185. The maximum Gasteiger partial charge on any atom is 0.253 e. The van der Waals surface area contributed by atoms with E-state index in [1.165, 1.54) is 11.6 Å². The van der Waals surface area contributed by atoms with Gasteiger partial charge in [-0.25, -0.2) is 0 Å². The Labute approximate surface area is 147 Å². The molecule has 5 heteroatoms. The first-order chi connectivity index (χ1) is 12.0. The molecule has 1 aromatic carbocycles. The molecule has 0 saturated carbocycles. The van der Waals surface area contributed by atoms with Crippen molar-refractivity contribution in [2.45, 2.75) is 45.1 Å². The van der Waals surface area contributed by atoms with Gasteiger partial charge >= 0.3 is 0 Å². The molecular weight excluding hydrogens is 316 g/mol. The Morgan fingerprint density at radius 3 is 2.80 bits per heavy atom. The van der Waals surface area contributed by atoms with Crippen LogP contribution in [0.25, 0.3) is 0 Å². The number of aromatic amines is 1. The van der Waals surface area contributed by atoms with Crippen molar-refractivity contribution >= 4 is 5.91 Å². The minimum Gasteiger partial charge on any atom is -0.497 e. The summed E-state index contributed by atoms with van der Waals surface area (Å²) in [4.78, 5) is 27.2. The molecular formula is C20H24N2O3. The summed E-state index contributed by atoms with van der Waals surface area (Å²) in [5.74, 6) is 0.764. The van der Waals surface area contributed by atoms with Gasteiger partial charge in [0.15, 0.2) is 0 Å². The van der Waals surface area contributed by atoms with Gasteiger partial charge in [-0.2, -0.15) is 0 Å². The monoisotopic (exact) mass is 340 g/mol. The van der Waals surface area contributed by atoms with E-state index in [0.717, 1.165) is 30.6 Å². The molecule has 1 atom stereocenters. The molecule has 0 aliphatic heterocycles. The summed E-state index contributed by atoms with van der Waals surface area (Å²) in [5.41, 5.74) is 3.40. The first kappa shape index (κ1) is 17.3. The Morgan fingerprint density at radius 2 is 2.08 bits per heavy atom. The third kappa shape index (κ3) is 3.60. The largest absolute Gasteiger partial charge is 0.497 e. The normalized spacial score (nSPS) is 16.4. The fourth-order valence-corrected chi connectivity index (χ4v) is 3.45. The van der Waals surface area contributed by atoms with Gasteiger partial charge in [0.2, 0.25) is 5.56 Å². The highest BCUT2D eigenvalue weighted by Gasteiger charge is 2.24. The van der Waals surface area contributed by atoms with Gasteiger partial charge in [0.05, 0.1) is 18.7 Å². The second-order valence-corrected chi connectivity index (χ2v) is 6.79. The summed E-state index contributed by atoms with van der Waals surface area (Å²) >= 11 is 0. The summed E-state index contributed by atoms with van der Waals surface area (Å²) in [6, 6.07) is 9.01. The summed E-state index contributed by atoms with van der Waals surface area (Å²) in [7, 11) is 1.66. The van der Waals surface area contributed by atoms with Gasteiger partial charge in [-0.15, -0.1) is 0 Å². The highest BCUT2D eigenvalue weighted by atomic mass is 16.5. The number of ether oxygens (including phenoxy) is 1. The summed E-state index contributed by atoms with van der Waals surface area (Å²) < 4.78 is 5.30. The average Bonchev–Trinajstić information content (AvgIpc) is 2.61. The number of nitrogens with one attached hydrogen (secondary N) is 2. The van der Waals surface area contributed by atoms with E-state index in [9.17, 15) is 9.59 Å². The molecule has 1 aliphatic carbocycles. The quantitative estimate of drug-likeness (QED) is 0.897. The van der Waals surface area contributed by atoms with Gasteiger partial charge in [0.1, 0.15) is 5.75 Å². The molecule has 0 fully saturated rings. The molecule has 0 spiro atoms. The molecule has 132 valence electrons. The van der Waals surface area contributed by atoms with Gasteiger partial charge in [-0.1, -0.05) is 19.9 Å². The second-order valence-electron chi connectivity index (χ2n) is 6.79. The lowest BCUT2D eigenvalue weighted by atomic mass is 9.87. The number of amides is 1. The van der Waals surface area contributed by atoms with Crippen LogP contribution in [0.1, 0.15) is 65.8 Å². The van der Waals surface area contributed by atoms with Crippen LogP contribution in [-0.2, 0) is 6.42 Å². The molecule has 3 rings (SSSR count). The predicted molar refractivity (Wildman–Crippen MR) is 97.3 cm³/mol. The molecule has 1 aromatic heterocycles. The number of pyridine rings is 1. The number of aryl methyl sites for hydroxylation is 1. The third-order valence-electron chi connectivity index (χ3n) is 4.74. The van der Waals surface area contributed by atoms with Crippen molar-refractivity contribution in [1.82, 2.24) is 10.3 Å². The number of carbonyl (C=O) groups is 1. The third-order valence-corrected chi connectivity index (χ3v) is 4.74. The lowest BCUT2D eigenvalue weighted by Gasteiger charge is -2.27. The number of rotatable bonds is 4. The Bertz CT molecular complexity index is 839. The van der Waals surface area contributed by atoms with Crippen LogP contribution in [-0.4, -0.2) is 18.0 Å². The van der Waals surface area contributed by atoms with Crippen molar-refractivity contribution in [2.24, 2.45) is 0 Å². The standard InChI is InChI=1S/C20H24N2O3/c1-12(2)19-16(9-10-18(23)22-19)20(24)21-17-6-4-5-13-11-14(25-3)7-8-15(13)17/h7-12,17H,4-6H2,1-3H3,(H,21,24)(H,22,23). The SMILES string of the molecule is COc1ccc2c(c1)CCCC2NC(=O)c1ccc(=O)[nH]c1C(C)C. The maximum absolute atomic E-state index is 12.8. The zero-order valence-corrected chi connectivity index (χ0v) is 14.9. The van der Waals surface area contributed by atoms with Gasteiger partial charge in [-0.05, 0) is 54.5 Å². The molecule has 1 aliphatic rings. The van der Waals surface area contributed by atoms with Crippen LogP contribution in [0.4, 0.5) is 0 Å². The van der Waals surface area contributed by atoms with Crippen LogP contribution >= 0.6 is 0 Å². The van der Waals surface area contributed by atoms with E-state index in [-0.39, 0.29) is 23.4 Å². The maximum atomic E-state index is 12.8. The summed E-state index contributed by atoms with van der Waals surface area (Å²) in [6.45, 7) is 3.93. The van der Waals surface area contributed by atoms with E-state index >= 15 is 0 Å².